The summed E-state index contributed by atoms with van der Waals surface area (Å²) in [7, 11) is 1.53. The number of allylic oxidation sites excluding steroid dienone is 2. The number of ketones is 1. The first-order valence-corrected chi connectivity index (χ1v) is 18.7. The number of aromatic amines is 2. The molecule has 3 atom stereocenters. The molecule has 9 heteroatoms. The first-order valence-electron chi connectivity index (χ1n) is 17.6. The molecule has 5 heterocycles. The SMILES string of the molecule is CC[C@H]1c2cc3[nH]c4c(c5nc(cc6[nH]c(cc(n2)[C@@H]1C)c(C(C)OCc1cccc(I)c1)c6C)C(C)=C5CCCOOC)CC(=O)c4c3C. The van der Waals surface area contributed by atoms with E-state index >= 15 is 0 Å². The van der Waals surface area contributed by atoms with Crippen molar-refractivity contribution in [3.05, 3.63) is 102 Å². The van der Waals surface area contributed by atoms with E-state index in [4.69, 9.17) is 24.5 Å². The van der Waals surface area contributed by atoms with Crippen LogP contribution in [0.1, 0.15) is 126 Å². The van der Waals surface area contributed by atoms with Crippen LogP contribution in [0.4, 0.5) is 0 Å². The third-order valence-electron chi connectivity index (χ3n) is 10.8. The average Bonchev–Trinajstić information content (AvgIpc) is 3.84. The van der Waals surface area contributed by atoms with Crippen LogP contribution in [-0.4, -0.2) is 39.4 Å². The van der Waals surface area contributed by atoms with Crippen LogP contribution < -0.4 is 0 Å². The molecule has 2 N–H and O–H groups in total. The summed E-state index contributed by atoms with van der Waals surface area (Å²) in [6.45, 7) is 14.0. The van der Waals surface area contributed by atoms with Gasteiger partial charge >= 0.3 is 0 Å². The van der Waals surface area contributed by atoms with E-state index in [-0.39, 0.29) is 23.7 Å². The lowest BCUT2D eigenvalue weighted by atomic mass is 9.89. The van der Waals surface area contributed by atoms with E-state index in [9.17, 15) is 4.79 Å². The number of aryl methyl sites for hydroxylation is 2. The van der Waals surface area contributed by atoms with Gasteiger partial charge in [0.25, 0.3) is 0 Å². The maximum absolute atomic E-state index is 13.6. The molecule has 1 aliphatic carbocycles. The number of aromatic nitrogens is 4. The molecule has 0 spiro atoms. The van der Waals surface area contributed by atoms with Crippen molar-refractivity contribution in [3.63, 3.8) is 0 Å². The summed E-state index contributed by atoms with van der Waals surface area (Å²) in [4.78, 5) is 41.7. The van der Waals surface area contributed by atoms with Crippen molar-refractivity contribution in [1.29, 1.82) is 0 Å². The number of nitrogens with zero attached hydrogens (tertiary/aromatic N) is 2. The number of Topliss-reactive ketones (excluding diaryl/α,β-unsaturated/α-hetero) is 1. The fraction of sp³-hybridized carbons (Fsp3) is 0.390. The molecular formula is C41H45IN4O4. The fourth-order valence-corrected chi connectivity index (χ4v) is 8.63. The summed E-state index contributed by atoms with van der Waals surface area (Å²) in [6, 6.07) is 15.0. The van der Waals surface area contributed by atoms with Gasteiger partial charge in [-0.2, -0.15) is 0 Å². The lowest BCUT2D eigenvalue weighted by molar-refractivity contribution is -0.272. The maximum atomic E-state index is 13.6. The lowest BCUT2D eigenvalue weighted by Crippen LogP contribution is -2.02. The Balaban J connectivity index is 1.49. The van der Waals surface area contributed by atoms with Crippen molar-refractivity contribution in [2.45, 2.75) is 91.8 Å². The second-order valence-electron chi connectivity index (χ2n) is 13.8. The minimum atomic E-state index is -0.173. The molecule has 0 amide bonds. The van der Waals surface area contributed by atoms with Crippen molar-refractivity contribution in [2.24, 2.45) is 0 Å². The number of carbonyl (C=O) groups excluding carboxylic acids is 1. The third-order valence-corrected chi connectivity index (χ3v) is 11.5. The van der Waals surface area contributed by atoms with Crippen LogP contribution in [0, 0.1) is 17.4 Å². The molecule has 7 rings (SSSR count). The second kappa shape index (κ2) is 14.2. The molecule has 1 aromatic carbocycles. The molecule has 8 bridgehead atoms. The van der Waals surface area contributed by atoms with E-state index in [1.165, 1.54) is 10.7 Å². The van der Waals surface area contributed by atoms with E-state index in [1.54, 1.807) is 0 Å². The number of carbonyl (C=O) groups is 1. The zero-order valence-corrected chi connectivity index (χ0v) is 32.1. The van der Waals surface area contributed by atoms with Crippen LogP contribution in [0.2, 0.25) is 0 Å². The summed E-state index contributed by atoms with van der Waals surface area (Å²) >= 11 is 2.35. The van der Waals surface area contributed by atoms with Crippen molar-refractivity contribution >= 4 is 61.6 Å². The van der Waals surface area contributed by atoms with Gasteiger partial charge in [-0.05, 0) is 128 Å². The number of H-pyrrole nitrogens is 2. The van der Waals surface area contributed by atoms with E-state index in [0.29, 0.717) is 19.6 Å². The van der Waals surface area contributed by atoms with Gasteiger partial charge in [-0.25, -0.2) is 14.8 Å². The largest absolute Gasteiger partial charge is 0.369 e. The van der Waals surface area contributed by atoms with Crippen molar-refractivity contribution in [2.75, 3.05) is 13.7 Å². The maximum Gasteiger partial charge on any atom is 0.169 e. The zero-order chi connectivity index (χ0) is 35.3. The van der Waals surface area contributed by atoms with E-state index < -0.39 is 0 Å². The van der Waals surface area contributed by atoms with Crippen LogP contribution in [-0.2, 0) is 27.5 Å². The molecular weight excluding hydrogens is 739 g/mol. The minimum Gasteiger partial charge on any atom is -0.369 e. The zero-order valence-electron chi connectivity index (χ0n) is 29.9. The van der Waals surface area contributed by atoms with E-state index in [1.807, 2.05) is 6.92 Å². The first kappa shape index (κ1) is 34.8. The van der Waals surface area contributed by atoms with Crippen LogP contribution in [0.15, 0.2) is 42.5 Å². The summed E-state index contributed by atoms with van der Waals surface area (Å²) < 4.78 is 7.76. The number of rotatable bonds is 10. The number of halogens is 1. The Morgan fingerprint density at radius 1 is 1.00 bits per heavy atom. The smallest absolute Gasteiger partial charge is 0.169 e. The Hall–Kier alpha value is -3.64. The quantitative estimate of drug-likeness (QED) is 0.0719. The van der Waals surface area contributed by atoms with Gasteiger partial charge in [-0.1, -0.05) is 26.0 Å². The molecule has 0 saturated heterocycles. The monoisotopic (exact) mass is 784 g/mol. The van der Waals surface area contributed by atoms with Gasteiger partial charge in [-0.15, -0.1) is 0 Å². The molecule has 50 heavy (non-hydrogen) atoms. The van der Waals surface area contributed by atoms with Gasteiger partial charge < -0.3 is 14.7 Å². The van der Waals surface area contributed by atoms with Gasteiger partial charge in [-0.3, -0.25) is 9.78 Å². The number of nitrogens with one attached hydrogen (secondary N) is 2. The van der Waals surface area contributed by atoms with E-state index in [2.05, 4.69) is 110 Å². The highest BCUT2D eigenvalue weighted by molar-refractivity contribution is 14.1. The fourth-order valence-electron chi connectivity index (χ4n) is 8.02. The molecule has 3 aromatic heterocycles. The Bertz CT molecular complexity index is 2200. The number of hydrogen-bond donors (Lipinski definition) is 2. The highest BCUT2D eigenvalue weighted by atomic mass is 127. The standard InChI is InChI=1S/C41H45IN4O4/c1-8-28-21(2)31-19-36-38(25(6)49-20-26-11-9-12-27(42)15-26)23(4)33(44-36)17-32-22(3)29(13-10-14-50-48-7)40(45-32)30-16-37(47)39-24(5)34(46-41(30)39)18-35(28)43-31/h9,11-12,15,17-19,21,25,28,44,46H,8,10,13-14,16,20H2,1-7H3/t21-,25?,28-/m1/s1. The number of ether oxygens (including phenoxy) is 1. The predicted octanol–water partition coefficient (Wildman–Crippen LogP) is 10.1. The van der Waals surface area contributed by atoms with Gasteiger partial charge in [0.1, 0.15) is 0 Å². The molecule has 8 nitrogen and oxygen atoms in total. The second-order valence-corrected chi connectivity index (χ2v) is 15.1. The molecule has 3 aliphatic rings. The summed E-state index contributed by atoms with van der Waals surface area (Å²) in [5.41, 5.74) is 16.0. The van der Waals surface area contributed by atoms with E-state index in [0.717, 1.165) is 109 Å². The number of hydrogen-bond acceptors (Lipinski definition) is 6. The summed E-state index contributed by atoms with van der Waals surface area (Å²) in [6.07, 6.45) is 2.63. The Morgan fingerprint density at radius 2 is 1.78 bits per heavy atom. The Labute approximate surface area is 307 Å². The number of fused-ring (bicyclic) bond motifs is 8. The van der Waals surface area contributed by atoms with Gasteiger partial charge in [0.15, 0.2) is 5.78 Å². The molecule has 0 fully saturated rings. The van der Waals surface area contributed by atoms with Crippen LogP contribution >= 0.6 is 22.6 Å². The Morgan fingerprint density at radius 3 is 2.54 bits per heavy atom. The van der Waals surface area contributed by atoms with Crippen molar-refractivity contribution in [3.8, 4) is 0 Å². The lowest BCUT2D eigenvalue weighted by Gasteiger charge is -2.15. The normalized spacial score (nSPS) is 17.6. The number of benzene rings is 1. The van der Waals surface area contributed by atoms with Gasteiger partial charge in [0.05, 0.1) is 43.3 Å². The summed E-state index contributed by atoms with van der Waals surface area (Å²) in [5, 5.41) is 0. The third kappa shape index (κ3) is 6.27. The Kier molecular flexibility index (Phi) is 9.86. The molecule has 0 saturated carbocycles. The minimum absolute atomic E-state index is 0.132. The van der Waals surface area contributed by atoms with Crippen LogP contribution in [0.5, 0.6) is 0 Å². The highest BCUT2D eigenvalue weighted by Crippen LogP contribution is 2.43. The van der Waals surface area contributed by atoms with Gasteiger partial charge in [0.2, 0.25) is 0 Å². The summed E-state index contributed by atoms with van der Waals surface area (Å²) in [5.74, 6) is 0.619. The molecule has 260 valence electrons. The average molecular weight is 785 g/mol. The van der Waals surface area contributed by atoms with Crippen molar-refractivity contribution < 1.29 is 19.3 Å². The van der Waals surface area contributed by atoms with Crippen molar-refractivity contribution in [1.82, 2.24) is 19.9 Å². The highest BCUT2D eigenvalue weighted by Gasteiger charge is 2.32. The molecule has 4 aromatic rings. The molecule has 1 unspecified atom stereocenters. The van der Waals surface area contributed by atoms with Crippen LogP contribution in [0.25, 0.3) is 33.2 Å². The van der Waals surface area contributed by atoms with Crippen LogP contribution in [0.3, 0.4) is 0 Å². The topological polar surface area (TPSA) is 102 Å². The van der Waals surface area contributed by atoms with Gasteiger partial charge in [0, 0.05) is 66.5 Å². The predicted molar refractivity (Wildman–Crippen MR) is 207 cm³/mol. The molecule has 2 aliphatic heterocycles. The molecule has 0 radical (unpaired) electrons. The first-order chi connectivity index (χ1) is 24.1.